The van der Waals surface area contributed by atoms with Crippen LogP contribution in [0.2, 0.25) is 0 Å². The molecule has 0 fully saturated rings. The molecule has 0 N–H and O–H groups in total. The number of alkyl halides is 26. The monoisotopic (exact) mass is 941 g/mol. The fraction of sp³-hybridized carbons (Fsp3) is 0.750. The van der Waals surface area contributed by atoms with Crippen molar-refractivity contribution in [1.82, 2.24) is 4.90 Å². The Morgan fingerprint density at radius 2 is 0.667 bits per heavy atom. The molecule has 0 unspecified atom stereocenters. The largest absolute Gasteiger partial charge is 0.460 e. The number of rotatable bonds is 18. The van der Waals surface area contributed by atoms with Crippen molar-refractivity contribution in [2.75, 3.05) is 24.6 Å². The summed E-state index contributed by atoms with van der Waals surface area (Å²) in [5.41, 5.74) is -0.456. The topological polar surface area (TPSA) is 71.5 Å². The highest BCUT2D eigenvalue weighted by Crippen LogP contribution is 2.63. The normalized spacial score (nSPS) is 16.6. The van der Waals surface area contributed by atoms with Crippen molar-refractivity contribution in [2.45, 2.75) is 83.2 Å². The van der Waals surface area contributed by atoms with Gasteiger partial charge in [0, 0.05) is 19.1 Å². The molecule has 1 rings (SSSR count). The fourth-order valence-corrected chi connectivity index (χ4v) is 6.57. The van der Waals surface area contributed by atoms with E-state index in [0.717, 1.165) is 30.3 Å². The maximum atomic E-state index is 14.5. The van der Waals surface area contributed by atoms with Crippen LogP contribution in [0.3, 0.4) is 0 Å². The highest BCUT2D eigenvalue weighted by atomic mass is 32.2. The average molecular weight is 941 g/mol. The van der Waals surface area contributed by atoms with Gasteiger partial charge < -0.3 is 0 Å². The summed E-state index contributed by atoms with van der Waals surface area (Å²) in [6.07, 6.45) is -15.8. The fourth-order valence-electron chi connectivity index (χ4n) is 4.07. The zero-order valence-corrected chi connectivity index (χ0v) is 28.1. The first-order valence-corrected chi connectivity index (χ1v) is 17.0. The van der Waals surface area contributed by atoms with Gasteiger partial charge in [-0.25, -0.2) is 16.8 Å². The second-order valence-corrected chi connectivity index (χ2v) is 15.7. The average Bonchev–Trinajstić information content (AvgIpc) is 3.02. The van der Waals surface area contributed by atoms with E-state index in [0.29, 0.717) is 6.92 Å². The van der Waals surface area contributed by atoms with E-state index in [1.807, 2.05) is 0 Å². The molecule has 0 heterocycles. The van der Waals surface area contributed by atoms with Gasteiger partial charge in [-0.1, -0.05) is 30.3 Å². The molecule has 0 radical (unpaired) electrons. The van der Waals surface area contributed by atoms with Crippen molar-refractivity contribution in [2.24, 2.45) is 0 Å². The Morgan fingerprint density at radius 1 is 0.421 bits per heavy atom. The van der Waals surface area contributed by atoms with E-state index in [2.05, 4.69) is 0 Å². The van der Waals surface area contributed by atoms with Crippen LogP contribution < -0.4 is 0 Å². The summed E-state index contributed by atoms with van der Waals surface area (Å²) in [4.78, 5) is -0.276. The quantitative estimate of drug-likeness (QED) is 0.137. The van der Waals surface area contributed by atoms with Gasteiger partial charge in [-0.3, -0.25) is 4.90 Å². The van der Waals surface area contributed by atoms with Crippen molar-refractivity contribution >= 4 is 19.7 Å². The van der Waals surface area contributed by atoms with Crippen molar-refractivity contribution in [1.29, 1.82) is 0 Å². The Labute approximate surface area is 299 Å². The van der Waals surface area contributed by atoms with Gasteiger partial charge >= 0.3 is 70.2 Å². The van der Waals surface area contributed by atoms with Gasteiger partial charge in [0.25, 0.3) is 0 Å². The first kappa shape index (κ1) is 52.3. The number of halogens is 26. The summed E-state index contributed by atoms with van der Waals surface area (Å²) in [5.74, 6) is -74.2. The molecule has 1 atom stereocenters. The third kappa shape index (κ3) is 7.88. The molecule has 0 aliphatic heterocycles. The van der Waals surface area contributed by atoms with Gasteiger partial charge in [0.15, 0.2) is 0 Å². The van der Waals surface area contributed by atoms with Crippen LogP contribution in [0.15, 0.2) is 30.3 Å². The van der Waals surface area contributed by atoms with Crippen molar-refractivity contribution in [3.63, 3.8) is 0 Å². The minimum atomic E-state index is -8.67. The zero-order valence-electron chi connectivity index (χ0n) is 26.5. The molecule has 0 aromatic heterocycles. The molecular weight excluding hydrogens is 924 g/mol. The highest BCUT2D eigenvalue weighted by molar-refractivity contribution is 7.92. The highest BCUT2D eigenvalue weighted by Gasteiger charge is 2.93. The Morgan fingerprint density at radius 3 is 0.912 bits per heavy atom. The predicted molar refractivity (Wildman–Crippen MR) is 136 cm³/mol. The number of sulfone groups is 2. The number of nitrogens with zero attached hydrogens (tertiary/aromatic N) is 1. The van der Waals surface area contributed by atoms with E-state index < -0.39 is 126 Å². The standard InChI is InChI=1S/C24H17F26NO4S2/c1-11(12-5-3-2-4-6-12)51(7-9-56(52,53)23(47,48)19(37,38)15(29,30)13(25,26)17(33,34)21(41,42)43)8-10-57(54,55)24(49,50)20(39,40)16(31,32)14(27,28)18(35,36)22(44,45)46/h2-6,11H,7-10H2,1H3/t11-/m1/s1. The molecule has 0 bridgehead atoms. The summed E-state index contributed by atoms with van der Waals surface area (Å²) in [5, 5.41) is -15.7. The second kappa shape index (κ2) is 14.8. The lowest BCUT2D eigenvalue weighted by Crippen LogP contribution is -2.71. The Hall–Kier alpha value is -2.74. The van der Waals surface area contributed by atoms with Gasteiger partial charge in [-0.2, -0.15) is 114 Å². The summed E-state index contributed by atoms with van der Waals surface area (Å²) in [6.45, 7) is -3.96. The van der Waals surface area contributed by atoms with Crippen LogP contribution in [0.4, 0.5) is 114 Å². The Bertz CT molecular complexity index is 1680. The van der Waals surface area contributed by atoms with Gasteiger partial charge in [0.1, 0.15) is 0 Å². The second-order valence-electron chi connectivity index (χ2n) is 11.4. The molecule has 5 nitrogen and oxygen atoms in total. The number of benzene rings is 1. The lowest BCUT2D eigenvalue weighted by atomic mass is 9.98. The molecule has 0 spiro atoms. The maximum Gasteiger partial charge on any atom is 0.460 e. The zero-order chi connectivity index (χ0) is 46.1. The van der Waals surface area contributed by atoms with E-state index in [1.54, 1.807) is 0 Å². The van der Waals surface area contributed by atoms with Crippen molar-refractivity contribution in [3.8, 4) is 0 Å². The van der Waals surface area contributed by atoms with E-state index >= 15 is 0 Å². The smallest absolute Gasteiger partial charge is 0.295 e. The SMILES string of the molecule is C[C@H](c1ccccc1)N(CCS(=O)(=O)C(F)(F)C(F)(F)C(F)(F)C(F)(F)C(F)(F)C(F)(F)F)CCS(=O)(=O)C(F)(F)C(F)(F)C(F)(F)C(F)(F)C(F)(F)C(F)(F)F. The van der Waals surface area contributed by atoms with E-state index in [1.165, 1.54) is 0 Å². The summed E-state index contributed by atoms with van der Waals surface area (Å²) >= 11 is 0. The summed E-state index contributed by atoms with van der Waals surface area (Å²) < 4.78 is 399. The van der Waals surface area contributed by atoms with Gasteiger partial charge in [0.2, 0.25) is 19.7 Å². The molecular formula is C24H17F26NO4S2. The molecule has 0 saturated carbocycles. The van der Waals surface area contributed by atoms with Gasteiger partial charge in [-0.15, -0.1) is 0 Å². The third-order valence-electron chi connectivity index (χ3n) is 7.71. The van der Waals surface area contributed by atoms with Crippen LogP contribution in [0, 0.1) is 0 Å². The molecule has 33 heteroatoms. The first-order valence-electron chi connectivity index (χ1n) is 13.7. The number of hydrogen-bond donors (Lipinski definition) is 0. The number of hydrogen-bond acceptors (Lipinski definition) is 5. The van der Waals surface area contributed by atoms with Crippen LogP contribution >= 0.6 is 0 Å². The maximum absolute atomic E-state index is 14.5. The molecule has 57 heavy (non-hydrogen) atoms. The lowest BCUT2D eigenvalue weighted by molar-refractivity contribution is -0.433. The first-order chi connectivity index (χ1) is 24.6. The van der Waals surface area contributed by atoms with Crippen molar-refractivity contribution < 1.29 is 131 Å². The van der Waals surface area contributed by atoms with E-state index in [9.17, 15) is 131 Å². The molecule has 0 aliphatic rings. The lowest BCUT2D eigenvalue weighted by Gasteiger charge is -2.39. The van der Waals surface area contributed by atoms with E-state index in [-0.39, 0.29) is 4.90 Å². The van der Waals surface area contributed by atoms with Crippen LogP contribution in [0.1, 0.15) is 18.5 Å². The summed E-state index contributed by atoms with van der Waals surface area (Å²) in [7, 11) is -15.5. The Kier molecular flexibility index (Phi) is 13.5. The van der Waals surface area contributed by atoms with E-state index in [4.69, 9.17) is 0 Å². The molecule has 0 aliphatic carbocycles. The minimum Gasteiger partial charge on any atom is -0.295 e. The van der Waals surface area contributed by atoms with Crippen LogP contribution in [-0.4, -0.2) is 117 Å². The van der Waals surface area contributed by atoms with Gasteiger partial charge in [-0.05, 0) is 12.5 Å². The molecule has 1 aromatic rings. The predicted octanol–water partition coefficient (Wildman–Crippen LogP) is 9.27. The third-order valence-corrected chi connectivity index (χ3v) is 11.2. The van der Waals surface area contributed by atoms with Crippen LogP contribution in [0.5, 0.6) is 0 Å². The molecule has 1 aromatic carbocycles. The molecule has 336 valence electrons. The van der Waals surface area contributed by atoms with Crippen molar-refractivity contribution in [3.05, 3.63) is 35.9 Å². The molecule has 0 saturated heterocycles. The Balaban J connectivity index is 3.72. The molecule has 0 amide bonds. The van der Waals surface area contributed by atoms with Crippen LogP contribution in [-0.2, 0) is 19.7 Å². The van der Waals surface area contributed by atoms with Gasteiger partial charge in [0.05, 0.1) is 11.5 Å². The van der Waals surface area contributed by atoms with Crippen LogP contribution in [0.25, 0.3) is 0 Å². The summed E-state index contributed by atoms with van der Waals surface area (Å²) in [6, 6.07) is 2.61. The minimum absolute atomic E-state index is 0.276.